The Morgan fingerprint density at radius 1 is 0.897 bits per heavy atom. The number of halogens is 1. The van der Waals surface area contributed by atoms with E-state index in [0.717, 1.165) is 69.0 Å². The van der Waals surface area contributed by atoms with Crippen LogP contribution in [-0.2, 0) is 19.5 Å². The number of anilines is 1. The van der Waals surface area contributed by atoms with Crippen molar-refractivity contribution < 1.29 is 4.79 Å². The minimum absolute atomic E-state index is 0. The second kappa shape index (κ2) is 11.0. The summed E-state index contributed by atoms with van der Waals surface area (Å²) in [6, 6.07) is 19.5. The van der Waals surface area contributed by atoms with Crippen molar-refractivity contribution in [2.75, 3.05) is 44.7 Å². The molecule has 0 aliphatic carbocycles. The number of piperazine rings is 1. The minimum Gasteiger partial charge on any atom is -0.350 e. The normalized spacial score (nSPS) is 15.8. The number of likely N-dealkylation sites (N-methyl/N-ethyl adjacent to an activating group) is 1. The highest BCUT2D eigenvalue weighted by atomic mass is 35.5. The van der Waals surface area contributed by atoms with E-state index in [1.54, 1.807) is 0 Å². The molecule has 0 saturated carbocycles. The van der Waals surface area contributed by atoms with E-state index in [-0.39, 0.29) is 18.3 Å². The summed E-state index contributed by atoms with van der Waals surface area (Å²) in [5.41, 5.74) is 9.44. The Kier molecular flexibility index (Phi) is 7.70. The molecule has 39 heavy (non-hydrogen) atoms. The molecule has 2 aromatic carbocycles. The maximum Gasteiger partial charge on any atom is 0.272 e. The van der Waals surface area contributed by atoms with E-state index in [1.807, 2.05) is 11.0 Å². The highest BCUT2D eigenvalue weighted by Gasteiger charge is 2.28. The average molecular weight is 544 g/mol. The summed E-state index contributed by atoms with van der Waals surface area (Å²) in [5.74, 6) is 0.973. The number of hydrogen-bond donors (Lipinski definition) is 0. The largest absolute Gasteiger partial charge is 0.350 e. The van der Waals surface area contributed by atoms with Gasteiger partial charge in [-0.1, -0.05) is 54.1 Å². The summed E-state index contributed by atoms with van der Waals surface area (Å²) in [7, 11) is 2.11. The molecule has 0 N–H and O–H groups in total. The Hall–Kier alpha value is -3.35. The molecule has 2 aliphatic rings. The number of carbonyl (C=O) groups excluding carboxylic acids is 1. The van der Waals surface area contributed by atoms with E-state index >= 15 is 0 Å². The van der Waals surface area contributed by atoms with Crippen LogP contribution in [0.3, 0.4) is 0 Å². The Morgan fingerprint density at radius 3 is 2.38 bits per heavy atom. The lowest BCUT2D eigenvalue weighted by molar-refractivity contribution is 0.0658. The van der Waals surface area contributed by atoms with Gasteiger partial charge in [-0.15, -0.1) is 12.4 Å². The molecule has 6 nitrogen and oxygen atoms in total. The molecule has 1 amide bonds. The molecule has 1 saturated heterocycles. The van der Waals surface area contributed by atoms with Gasteiger partial charge in [-0.05, 0) is 62.6 Å². The fourth-order valence-corrected chi connectivity index (χ4v) is 6.01. The predicted octanol–water partition coefficient (Wildman–Crippen LogP) is 5.38. The van der Waals surface area contributed by atoms with Crippen molar-refractivity contribution in [3.05, 3.63) is 93.8 Å². The smallest absolute Gasteiger partial charge is 0.272 e. The Bertz CT molecular complexity index is 1520. The zero-order chi connectivity index (χ0) is 26.4. The van der Waals surface area contributed by atoms with Gasteiger partial charge in [0.15, 0.2) is 5.82 Å². The quantitative estimate of drug-likeness (QED) is 0.346. The summed E-state index contributed by atoms with van der Waals surface area (Å²) in [4.78, 5) is 25.5. The number of aryl methyl sites for hydroxylation is 2. The average Bonchev–Trinajstić information content (AvgIpc) is 3.17. The highest BCUT2D eigenvalue weighted by molar-refractivity contribution is 6.01. The van der Waals surface area contributed by atoms with E-state index in [0.29, 0.717) is 5.69 Å². The number of fused-ring (bicyclic) bond motifs is 2. The van der Waals surface area contributed by atoms with Gasteiger partial charge in [0.2, 0.25) is 0 Å². The number of pyridine rings is 1. The fourth-order valence-electron chi connectivity index (χ4n) is 6.01. The van der Waals surface area contributed by atoms with Gasteiger partial charge in [0, 0.05) is 56.9 Å². The van der Waals surface area contributed by atoms with Crippen LogP contribution in [-0.4, -0.2) is 65.0 Å². The van der Waals surface area contributed by atoms with Crippen LogP contribution in [0, 0.1) is 20.8 Å². The van der Waals surface area contributed by atoms with Gasteiger partial charge in [-0.2, -0.15) is 0 Å². The monoisotopic (exact) mass is 543 g/mol. The van der Waals surface area contributed by atoms with Gasteiger partial charge < -0.3 is 19.3 Å². The number of aromatic nitrogens is 2. The highest BCUT2D eigenvalue weighted by Crippen LogP contribution is 2.35. The topological polar surface area (TPSA) is 44.6 Å². The number of carbonyl (C=O) groups is 1. The van der Waals surface area contributed by atoms with E-state index < -0.39 is 0 Å². The molecule has 1 fully saturated rings. The number of benzene rings is 2. The number of amides is 1. The summed E-state index contributed by atoms with van der Waals surface area (Å²) in [6.45, 7) is 12.3. The lowest BCUT2D eigenvalue weighted by Crippen LogP contribution is -2.47. The second-order valence-electron chi connectivity index (χ2n) is 11.0. The Morgan fingerprint density at radius 2 is 1.64 bits per heavy atom. The molecular formula is C32H38ClN5O. The molecule has 204 valence electrons. The number of hydrogen-bond acceptors (Lipinski definition) is 4. The van der Waals surface area contributed by atoms with Crippen LogP contribution in [0.25, 0.3) is 10.9 Å². The van der Waals surface area contributed by atoms with Crippen molar-refractivity contribution in [1.82, 2.24) is 19.4 Å². The first-order valence-corrected chi connectivity index (χ1v) is 13.7. The van der Waals surface area contributed by atoms with Crippen LogP contribution in [0.15, 0.2) is 54.6 Å². The third-order valence-electron chi connectivity index (χ3n) is 8.46. The van der Waals surface area contributed by atoms with Gasteiger partial charge in [-0.25, -0.2) is 4.98 Å². The molecule has 7 heteroatoms. The van der Waals surface area contributed by atoms with Crippen LogP contribution >= 0.6 is 12.4 Å². The van der Waals surface area contributed by atoms with Crippen LogP contribution in [0.4, 0.5) is 5.82 Å². The molecule has 0 unspecified atom stereocenters. The zero-order valence-electron chi connectivity index (χ0n) is 23.4. The maximum atomic E-state index is 13.7. The van der Waals surface area contributed by atoms with E-state index in [4.69, 9.17) is 4.98 Å². The summed E-state index contributed by atoms with van der Waals surface area (Å²) in [6.07, 6.45) is 0.979. The summed E-state index contributed by atoms with van der Waals surface area (Å²) in [5, 5.41) is 1.14. The van der Waals surface area contributed by atoms with Gasteiger partial charge in [0.25, 0.3) is 5.91 Å². The Labute approximate surface area is 237 Å². The number of nitrogens with zero attached hydrogens (tertiary/aromatic N) is 5. The lowest BCUT2D eigenvalue weighted by Gasteiger charge is -2.33. The molecule has 2 aromatic heterocycles. The van der Waals surface area contributed by atoms with E-state index in [9.17, 15) is 4.79 Å². The van der Waals surface area contributed by atoms with Crippen LogP contribution < -0.4 is 4.90 Å². The van der Waals surface area contributed by atoms with Crippen LogP contribution in [0.2, 0.25) is 0 Å². The van der Waals surface area contributed by atoms with Gasteiger partial charge in [-0.3, -0.25) is 4.79 Å². The molecular weight excluding hydrogens is 506 g/mol. The molecule has 6 rings (SSSR count). The lowest BCUT2D eigenvalue weighted by atomic mass is 10.00. The third kappa shape index (κ3) is 5.15. The molecule has 4 heterocycles. The van der Waals surface area contributed by atoms with Crippen molar-refractivity contribution in [2.24, 2.45) is 0 Å². The van der Waals surface area contributed by atoms with Gasteiger partial charge in [0.05, 0.1) is 5.52 Å². The molecule has 0 spiro atoms. The van der Waals surface area contributed by atoms with Crippen LogP contribution in [0.1, 0.15) is 44.0 Å². The predicted molar refractivity (Wildman–Crippen MR) is 161 cm³/mol. The summed E-state index contributed by atoms with van der Waals surface area (Å²) < 4.78 is 2.41. The van der Waals surface area contributed by atoms with Gasteiger partial charge in [0.1, 0.15) is 5.69 Å². The van der Waals surface area contributed by atoms with E-state index in [2.05, 4.69) is 90.7 Å². The molecule has 4 aromatic rings. The first-order valence-electron chi connectivity index (χ1n) is 13.7. The molecule has 0 atom stereocenters. The summed E-state index contributed by atoms with van der Waals surface area (Å²) >= 11 is 0. The fraction of sp³-hybridized carbons (Fsp3) is 0.375. The third-order valence-corrected chi connectivity index (χ3v) is 8.46. The maximum absolute atomic E-state index is 13.7. The Balaban J connectivity index is 0.00000308. The van der Waals surface area contributed by atoms with E-state index in [1.165, 1.54) is 33.5 Å². The molecule has 2 aliphatic heterocycles. The van der Waals surface area contributed by atoms with Crippen molar-refractivity contribution in [2.45, 2.75) is 40.3 Å². The second-order valence-corrected chi connectivity index (χ2v) is 11.0. The van der Waals surface area contributed by atoms with Gasteiger partial charge >= 0.3 is 0 Å². The first kappa shape index (κ1) is 27.2. The first-order chi connectivity index (χ1) is 18.4. The zero-order valence-corrected chi connectivity index (χ0v) is 24.2. The van der Waals surface area contributed by atoms with Crippen LogP contribution in [0.5, 0.6) is 0 Å². The van der Waals surface area contributed by atoms with Crippen molar-refractivity contribution in [3.63, 3.8) is 0 Å². The van der Waals surface area contributed by atoms with Crippen molar-refractivity contribution >= 4 is 35.0 Å². The standard InChI is InChI=1S/C32H37N5O.ClH/c1-22-8-7-9-25(18-22)20-37-24(3)23(2)28-19-29(32(38)35-16-14-34(4)15-17-35)33-31(30(28)37)36-13-12-26-10-5-6-11-27(26)21-36;/h5-11,18-19H,12-17,20-21H2,1-4H3;1H. The number of rotatable bonds is 4. The van der Waals surface area contributed by atoms with Crippen molar-refractivity contribution in [3.8, 4) is 0 Å². The SMILES string of the molecule is Cc1cccc(Cn2c(C)c(C)c3cc(C(=O)N4CCN(C)CC4)nc(N4CCc5ccccc5C4)c32)c1.Cl. The minimum atomic E-state index is 0. The van der Waals surface area contributed by atoms with Crippen molar-refractivity contribution in [1.29, 1.82) is 0 Å². The molecule has 0 bridgehead atoms. The molecule has 0 radical (unpaired) electrons.